The molecule has 0 aromatic carbocycles. The molecule has 0 amide bonds. The van der Waals surface area contributed by atoms with Gasteiger partial charge in [0.05, 0.1) is 0 Å². The second kappa shape index (κ2) is 5.00. The molecule has 2 atom stereocenters. The molecule has 0 aliphatic heterocycles. The van der Waals surface area contributed by atoms with Crippen LogP contribution in [0.3, 0.4) is 0 Å². The van der Waals surface area contributed by atoms with Crippen LogP contribution in [0.25, 0.3) is 5.78 Å². The van der Waals surface area contributed by atoms with E-state index >= 15 is 0 Å². The van der Waals surface area contributed by atoms with Crippen molar-refractivity contribution in [1.29, 1.82) is 0 Å². The highest BCUT2D eigenvalue weighted by Gasteiger charge is 2.13. The molecule has 0 saturated carbocycles. The van der Waals surface area contributed by atoms with Gasteiger partial charge in [0.1, 0.15) is 12.1 Å². The molecule has 2 aromatic heterocycles. The molecule has 2 heterocycles. The Morgan fingerprint density at radius 2 is 2.24 bits per heavy atom. The normalized spacial score (nSPS) is 14.8. The number of hydrogen-bond acceptors (Lipinski definition) is 4. The molecule has 1 N–H and O–H groups in total. The molecule has 0 aliphatic rings. The third kappa shape index (κ3) is 2.57. The van der Waals surface area contributed by atoms with Crippen molar-refractivity contribution in [3.05, 3.63) is 18.1 Å². The van der Waals surface area contributed by atoms with Crippen LogP contribution in [-0.4, -0.2) is 31.0 Å². The zero-order chi connectivity index (χ0) is 12.4. The summed E-state index contributed by atoms with van der Waals surface area (Å²) in [4.78, 5) is 8.41. The average Bonchev–Trinajstić information content (AvgIpc) is 2.75. The molecule has 2 rings (SSSR count). The maximum absolute atomic E-state index is 4.31. The summed E-state index contributed by atoms with van der Waals surface area (Å²) in [5.41, 5.74) is 0.937. The number of anilines is 1. The smallest absolute Gasteiger partial charge is 0.254 e. The van der Waals surface area contributed by atoms with Crippen molar-refractivity contribution in [3.8, 4) is 0 Å². The van der Waals surface area contributed by atoms with E-state index < -0.39 is 0 Å². The van der Waals surface area contributed by atoms with Crippen LogP contribution >= 0.6 is 15.9 Å². The first-order valence-corrected chi connectivity index (χ1v) is 6.74. The zero-order valence-corrected chi connectivity index (χ0v) is 11.8. The number of nitrogens with zero attached hydrogens (tertiary/aromatic N) is 4. The van der Waals surface area contributed by atoms with Crippen molar-refractivity contribution < 1.29 is 0 Å². The Bertz CT molecular complexity index is 510. The summed E-state index contributed by atoms with van der Waals surface area (Å²) in [6.45, 7) is 6.31. The van der Waals surface area contributed by atoms with E-state index in [1.165, 1.54) is 6.33 Å². The Hall–Kier alpha value is -1.17. The fourth-order valence-electron chi connectivity index (χ4n) is 1.54. The Labute approximate surface area is 109 Å². The van der Waals surface area contributed by atoms with E-state index in [1.807, 2.05) is 13.0 Å². The Kier molecular flexibility index (Phi) is 3.61. The minimum atomic E-state index is 0.351. The predicted octanol–water partition coefficient (Wildman–Crippen LogP) is 2.26. The van der Waals surface area contributed by atoms with Crippen LogP contribution in [0.15, 0.2) is 12.4 Å². The Morgan fingerprint density at radius 3 is 2.94 bits per heavy atom. The maximum atomic E-state index is 4.31. The van der Waals surface area contributed by atoms with Crippen molar-refractivity contribution in [2.75, 3.05) is 10.6 Å². The highest BCUT2D eigenvalue weighted by molar-refractivity contribution is 9.09. The van der Waals surface area contributed by atoms with Crippen LogP contribution in [0.1, 0.15) is 19.5 Å². The molecule has 0 spiro atoms. The van der Waals surface area contributed by atoms with E-state index in [9.17, 15) is 0 Å². The Morgan fingerprint density at radius 1 is 1.47 bits per heavy atom. The Balaban J connectivity index is 2.31. The number of nitrogens with one attached hydrogen (secondary N) is 1. The van der Waals surface area contributed by atoms with Crippen molar-refractivity contribution in [1.82, 2.24) is 19.6 Å². The number of halogens is 1. The first-order chi connectivity index (χ1) is 8.11. The fraction of sp³-hybridized carbons (Fsp3) is 0.545. The van der Waals surface area contributed by atoms with E-state index in [-0.39, 0.29) is 0 Å². The van der Waals surface area contributed by atoms with Crippen LogP contribution in [0.4, 0.5) is 5.82 Å². The van der Waals surface area contributed by atoms with Crippen molar-refractivity contribution in [2.24, 2.45) is 5.92 Å². The van der Waals surface area contributed by atoms with Gasteiger partial charge in [0.15, 0.2) is 0 Å². The quantitative estimate of drug-likeness (QED) is 0.880. The third-order valence-electron chi connectivity index (χ3n) is 2.85. The summed E-state index contributed by atoms with van der Waals surface area (Å²) >= 11 is 3.50. The average molecular weight is 298 g/mol. The summed E-state index contributed by atoms with van der Waals surface area (Å²) in [5, 5.41) is 8.58. The molecule has 17 heavy (non-hydrogen) atoms. The van der Waals surface area contributed by atoms with E-state index in [4.69, 9.17) is 0 Å². The molecule has 0 aliphatic carbocycles. The lowest BCUT2D eigenvalue weighted by Crippen LogP contribution is -2.26. The fourth-order valence-corrected chi connectivity index (χ4v) is 2.10. The summed E-state index contributed by atoms with van der Waals surface area (Å²) < 4.78 is 1.73. The molecule has 0 saturated heterocycles. The van der Waals surface area contributed by atoms with E-state index in [2.05, 4.69) is 50.2 Å². The van der Waals surface area contributed by atoms with Gasteiger partial charge in [0.25, 0.3) is 5.78 Å². The molecule has 6 heteroatoms. The maximum Gasteiger partial charge on any atom is 0.254 e. The van der Waals surface area contributed by atoms with Crippen LogP contribution in [0.5, 0.6) is 0 Å². The van der Waals surface area contributed by atoms with Crippen LogP contribution < -0.4 is 5.32 Å². The lowest BCUT2D eigenvalue weighted by atomic mass is 10.1. The standard InChI is InChI=1S/C11H16BrN5/c1-7(5-12)9(3)16-10-4-8(2)15-11-13-6-14-17(10)11/h4,6-7,9,16H,5H2,1-3H3. The number of aromatic nitrogens is 4. The largest absolute Gasteiger partial charge is 0.367 e. The topological polar surface area (TPSA) is 55.1 Å². The van der Waals surface area contributed by atoms with E-state index in [1.54, 1.807) is 4.52 Å². The number of hydrogen-bond donors (Lipinski definition) is 1. The van der Waals surface area contributed by atoms with Gasteiger partial charge in [-0.1, -0.05) is 22.9 Å². The number of fused-ring (bicyclic) bond motifs is 1. The van der Waals surface area contributed by atoms with Gasteiger partial charge in [-0.2, -0.15) is 14.6 Å². The second-order valence-corrected chi connectivity index (χ2v) is 4.97. The molecule has 0 radical (unpaired) electrons. The first-order valence-electron chi connectivity index (χ1n) is 5.61. The molecule has 0 bridgehead atoms. The number of rotatable bonds is 4. The van der Waals surface area contributed by atoms with Gasteiger partial charge >= 0.3 is 0 Å². The van der Waals surface area contributed by atoms with Crippen molar-refractivity contribution in [3.63, 3.8) is 0 Å². The second-order valence-electron chi connectivity index (χ2n) is 4.32. The predicted molar refractivity (Wildman–Crippen MR) is 71.6 cm³/mol. The van der Waals surface area contributed by atoms with Gasteiger partial charge in [-0.15, -0.1) is 0 Å². The lowest BCUT2D eigenvalue weighted by Gasteiger charge is -2.20. The van der Waals surface area contributed by atoms with Gasteiger partial charge in [-0.3, -0.25) is 0 Å². The highest BCUT2D eigenvalue weighted by atomic mass is 79.9. The third-order valence-corrected chi connectivity index (χ3v) is 3.87. The molecular weight excluding hydrogens is 282 g/mol. The van der Waals surface area contributed by atoms with Crippen LogP contribution in [0, 0.1) is 12.8 Å². The highest BCUT2D eigenvalue weighted by Crippen LogP contribution is 2.15. The monoisotopic (exact) mass is 297 g/mol. The van der Waals surface area contributed by atoms with Crippen molar-refractivity contribution >= 4 is 27.5 Å². The minimum Gasteiger partial charge on any atom is -0.367 e. The van der Waals surface area contributed by atoms with Gasteiger partial charge in [-0.25, -0.2) is 4.98 Å². The first kappa shape index (κ1) is 12.3. The SMILES string of the molecule is Cc1cc(NC(C)C(C)CBr)n2ncnc2n1. The minimum absolute atomic E-state index is 0.351. The van der Waals surface area contributed by atoms with Gasteiger partial charge in [0.2, 0.25) is 0 Å². The summed E-state index contributed by atoms with van der Waals surface area (Å²) in [5.74, 6) is 2.10. The van der Waals surface area contributed by atoms with Crippen molar-refractivity contribution in [2.45, 2.75) is 26.8 Å². The molecule has 5 nitrogen and oxygen atoms in total. The van der Waals surface area contributed by atoms with E-state index in [0.29, 0.717) is 17.7 Å². The summed E-state index contributed by atoms with van der Waals surface area (Å²) in [7, 11) is 0. The number of aryl methyl sites for hydroxylation is 1. The summed E-state index contributed by atoms with van der Waals surface area (Å²) in [6, 6.07) is 2.34. The molecule has 92 valence electrons. The molecular formula is C11H16BrN5. The van der Waals surface area contributed by atoms with E-state index in [0.717, 1.165) is 16.8 Å². The molecule has 2 aromatic rings. The lowest BCUT2D eigenvalue weighted by molar-refractivity contribution is 0.568. The zero-order valence-electron chi connectivity index (χ0n) is 10.2. The van der Waals surface area contributed by atoms with Gasteiger partial charge in [0, 0.05) is 23.1 Å². The van der Waals surface area contributed by atoms with Gasteiger partial charge in [-0.05, 0) is 19.8 Å². The van der Waals surface area contributed by atoms with Gasteiger partial charge < -0.3 is 5.32 Å². The van der Waals surface area contributed by atoms with Crippen LogP contribution in [-0.2, 0) is 0 Å². The summed E-state index contributed by atoms with van der Waals surface area (Å²) in [6.07, 6.45) is 1.52. The van der Waals surface area contributed by atoms with Crippen LogP contribution in [0.2, 0.25) is 0 Å². The number of alkyl halides is 1. The molecule has 0 fully saturated rings. The molecule has 2 unspecified atom stereocenters.